The lowest BCUT2D eigenvalue weighted by atomic mass is 10.0. The van der Waals surface area contributed by atoms with Gasteiger partial charge in [0.15, 0.2) is 11.5 Å². The third kappa shape index (κ3) is 4.92. The van der Waals surface area contributed by atoms with Gasteiger partial charge in [-0.2, -0.15) is 0 Å². The number of thioether (sulfide) groups is 1. The van der Waals surface area contributed by atoms with Gasteiger partial charge in [-0.1, -0.05) is 30.3 Å². The fourth-order valence-corrected chi connectivity index (χ4v) is 6.79. The number of carbonyl (C=O) groups is 1. The van der Waals surface area contributed by atoms with Gasteiger partial charge >= 0.3 is 0 Å². The molecule has 5 aromatic rings. The molecule has 0 bridgehead atoms. The fraction of sp³-hybridized carbons (Fsp3) is 0.242. The number of carbonyl (C=O) groups excluding carboxylic acids is 1. The van der Waals surface area contributed by atoms with E-state index in [1.807, 2.05) is 59.2 Å². The van der Waals surface area contributed by atoms with Gasteiger partial charge in [0.25, 0.3) is 5.91 Å². The van der Waals surface area contributed by atoms with Gasteiger partial charge < -0.3 is 19.5 Å². The Morgan fingerprint density at radius 3 is 2.62 bits per heavy atom. The molecular formula is C33H29FN4O3S. The lowest BCUT2D eigenvalue weighted by molar-refractivity contribution is 0.0948. The molecule has 1 N–H and O–H groups in total. The molecule has 1 amide bonds. The molecule has 3 aromatic carbocycles. The molecule has 7 rings (SSSR count). The van der Waals surface area contributed by atoms with Crippen LogP contribution in [-0.2, 0) is 6.42 Å². The number of rotatable bonds is 8. The summed E-state index contributed by atoms with van der Waals surface area (Å²) in [6.07, 6.45) is 6.29. The maximum atomic E-state index is 15.8. The van der Waals surface area contributed by atoms with Crippen LogP contribution in [0.1, 0.15) is 28.9 Å². The zero-order valence-electron chi connectivity index (χ0n) is 22.9. The zero-order valence-corrected chi connectivity index (χ0v) is 23.8. The van der Waals surface area contributed by atoms with Gasteiger partial charge in [-0.05, 0) is 73.5 Å². The summed E-state index contributed by atoms with van der Waals surface area (Å²) >= 11 is 1.33. The molecule has 2 aliphatic heterocycles. The molecule has 2 aliphatic rings. The van der Waals surface area contributed by atoms with E-state index < -0.39 is 17.2 Å². The molecular weight excluding hydrogens is 551 g/mol. The Balaban J connectivity index is 1.32. The van der Waals surface area contributed by atoms with E-state index in [1.54, 1.807) is 12.4 Å². The molecule has 9 heteroatoms. The number of hydrogen-bond donors (Lipinski definition) is 1. The summed E-state index contributed by atoms with van der Waals surface area (Å²) < 4.78 is 24.0. The molecule has 1 saturated heterocycles. The highest BCUT2D eigenvalue weighted by Gasteiger charge is 2.29. The second-order valence-corrected chi connectivity index (χ2v) is 11.8. The Bertz CT molecular complexity index is 1890. The summed E-state index contributed by atoms with van der Waals surface area (Å²) in [5.41, 5.74) is 1.52. The number of nitrogens with one attached hydrogen (secondary N) is 1. The number of aryl methyl sites for hydroxylation is 1. The van der Waals surface area contributed by atoms with Crippen molar-refractivity contribution in [3.8, 4) is 17.2 Å². The normalized spacial score (nSPS) is 14.2. The predicted molar refractivity (Wildman–Crippen MR) is 164 cm³/mol. The summed E-state index contributed by atoms with van der Waals surface area (Å²) in [5.74, 6) is 0.375. The molecule has 0 atom stereocenters. The number of halogens is 1. The van der Waals surface area contributed by atoms with Crippen molar-refractivity contribution >= 4 is 39.3 Å². The van der Waals surface area contributed by atoms with Gasteiger partial charge in [0.1, 0.15) is 16.9 Å². The molecule has 4 heterocycles. The van der Waals surface area contributed by atoms with Crippen LogP contribution in [-0.4, -0.2) is 52.3 Å². The van der Waals surface area contributed by atoms with Crippen LogP contribution in [0.15, 0.2) is 82.7 Å². The molecule has 212 valence electrons. The van der Waals surface area contributed by atoms with E-state index in [0.717, 1.165) is 48.9 Å². The van der Waals surface area contributed by atoms with Crippen LogP contribution in [0.5, 0.6) is 11.5 Å². The Hall–Kier alpha value is -4.21. The third-order valence-corrected chi connectivity index (χ3v) is 9.02. The number of aromatic nitrogens is 2. The highest BCUT2D eigenvalue weighted by Crippen LogP contribution is 2.47. The highest BCUT2D eigenvalue weighted by molar-refractivity contribution is 7.99. The van der Waals surface area contributed by atoms with Gasteiger partial charge in [-0.3, -0.25) is 14.6 Å². The van der Waals surface area contributed by atoms with Gasteiger partial charge in [-0.15, -0.1) is 11.8 Å². The number of benzene rings is 3. The largest absolute Gasteiger partial charge is 0.452 e. The van der Waals surface area contributed by atoms with Crippen molar-refractivity contribution in [1.29, 1.82) is 0 Å². The summed E-state index contributed by atoms with van der Waals surface area (Å²) in [6, 6.07) is 18.8. The average Bonchev–Trinajstić information content (AvgIpc) is 3.53. The predicted octanol–water partition coefficient (Wildman–Crippen LogP) is 5.94. The first-order chi connectivity index (χ1) is 20.6. The maximum absolute atomic E-state index is 15.8. The van der Waals surface area contributed by atoms with Crippen LogP contribution in [0, 0.1) is 5.82 Å². The van der Waals surface area contributed by atoms with E-state index in [4.69, 9.17) is 4.74 Å². The van der Waals surface area contributed by atoms with Crippen LogP contribution >= 0.6 is 11.8 Å². The van der Waals surface area contributed by atoms with Crippen molar-refractivity contribution in [2.24, 2.45) is 0 Å². The first-order valence-corrected chi connectivity index (χ1v) is 15.2. The van der Waals surface area contributed by atoms with Crippen molar-refractivity contribution in [2.45, 2.75) is 24.2 Å². The lowest BCUT2D eigenvalue weighted by Crippen LogP contribution is -2.36. The number of nitrogens with zero attached hydrogens (tertiary/aromatic N) is 3. The minimum absolute atomic E-state index is 0.0224. The van der Waals surface area contributed by atoms with Crippen molar-refractivity contribution in [3.63, 3.8) is 0 Å². The van der Waals surface area contributed by atoms with Gasteiger partial charge in [0, 0.05) is 36.9 Å². The summed E-state index contributed by atoms with van der Waals surface area (Å²) in [5, 5.41) is 4.98. The number of likely N-dealkylation sites (tertiary alicyclic amines) is 1. The van der Waals surface area contributed by atoms with Crippen LogP contribution in [0.4, 0.5) is 4.39 Å². The number of amides is 1. The Kier molecular flexibility index (Phi) is 7.13. The monoisotopic (exact) mass is 580 g/mol. The lowest BCUT2D eigenvalue weighted by Gasteiger charge is -2.26. The molecule has 1 fully saturated rings. The molecule has 0 radical (unpaired) electrons. The summed E-state index contributed by atoms with van der Waals surface area (Å²) in [7, 11) is 0. The molecule has 0 saturated carbocycles. The highest BCUT2D eigenvalue weighted by atomic mass is 32.2. The minimum atomic E-state index is -0.553. The van der Waals surface area contributed by atoms with E-state index in [1.165, 1.54) is 17.8 Å². The van der Waals surface area contributed by atoms with Gasteiger partial charge in [0.05, 0.1) is 16.0 Å². The van der Waals surface area contributed by atoms with Gasteiger partial charge in [-0.25, -0.2) is 4.39 Å². The van der Waals surface area contributed by atoms with Gasteiger partial charge in [0.2, 0.25) is 5.43 Å². The van der Waals surface area contributed by atoms with Crippen LogP contribution in [0.3, 0.4) is 0 Å². The quantitative estimate of drug-likeness (QED) is 0.225. The average molecular weight is 581 g/mol. The Morgan fingerprint density at radius 1 is 1.05 bits per heavy atom. The second-order valence-electron chi connectivity index (χ2n) is 10.6. The molecule has 42 heavy (non-hydrogen) atoms. The van der Waals surface area contributed by atoms with Crippen LogP contribution in [0.2, 0.25) is 0 Å². The summed E-state index contributed by atoms with van der Waals surface area (Å²) in [6.45, 7) is 3.21. The SMILES string of the molecule is O=C(NCCN1CCCC1)c1cn2c3c(c(SCCc4ccccn4)c(F)cc3c1=O)Oc1cc3ccccc3cc1-2. The number of hydrogen-bond acceptors (Lipinski definition) is 6. The first kappa shape index (κ1) is 26.7. The number of fused-ring (bicyclic) bond motifs is 3. The number of ether oxygens (including phenoxy) is 1. The van der Waals surface area contributed by atoms with E-state index in [9.17, 15) is 9.59 Å². The zero-order chi connectivity index (χ0) is 28.6. The third-order valence-electron chi connectivity index (χ3n) is 7.94. The van der Waals surface area contributed by atoms with Crippen molar-refractivity contribution in [2.75, 3.05) is 31.9 Å². The van der Waals surface area contributed by atoms with Crippen molar-refractivity contribution < 1.29 is 13.9 Å². The van der Waals surface area contributed by atoms with Crippen LogP contribution in [0.25, 0.3) is 27.4 Å². The number of pyridine rings is 2. The molecule has 2 aromatic heterocycles. The molecule has 0 aliphatic carbocycles. The molecule has 0 unspecified atom stereocenters. The topological polar surface area (TPSA) is 76.5 Å². The summed E-state index contributed by atoms with van der Waals surface area (Å²) in [4.78, 5) is 34.0. The maximum Gasteiger partial charge on any atom is 0.256 e. The van der Waals surface area contributed by atoms with E-state index in [2.05, 4.69) is 15.2 Å². The first-order valence-electron chi connectivity index (χ1n) is 14.2. The van der Waals surface area contributed by atoms with E-state index >= 15 is 4.39 Å². The fourth-order valence-electron chi connectivity index (χ4n) is 5.81. The van der Waals surface area contributed by atoms with Crippen LogP contribution < -0.4 is 15.5 Å². The molecule has 7 nitrogen and oxygen atoms in total. The Morgan fingerprint density at radius 2 is 1.83 bits per heavy atom. The van der Waals surface area contributed by atoms with Crippen molar-refractivity contribution in [1.82, 2.24) is 19.8 Å². The standard InChI is InChI=1S/C33H29FN4O3S/c34-26-19-24-29-31(32(26)42-16-10-23-9-3-4-11-35-23)41-28-18-22-8-2-1-7-21(22)17-27(28)38(29)20-25(30(24)39)33(40)36-12-15-37-13-5-6-14-37/h1-4,7-9,11,17-20H,5-6,10,12-16H2,(H,36,40). The van der Waals surface area contributed by atoms with E-state index in [0.29, 0.717) is 40.6 Å². The smallest absolute Gasteiger partial charge is 0.256 e. The Labute approximate surface area is 246 Å². The second kappa shape index (κ2) is 11.2. The minimum Gasteiger partial charge on any atom is -0.452 e. The molecule has 0 spiro atoms. The van der Waals surface area contributed by atoms with E-state index in [-0.39, 0.29) is 16.7 Å². The van der Waals surface area contributed by atoms with Crippen molar-refractivity contribution in [3.05, 3.63) is 100 Å².